The molecule has 1 aromatic rings. The van der Waals surface area contributed by atoms with Crippen molar-refractivity contribution in [3.05, 3.63) is 42.2 Å². The summed E-state index contributed by atoms with van der Waals surface area (Å²) in [4.78, 5) is 3.88. The van der Waals surface area contributed by atoms with E-state index in [4.69, 9.17) is 0 Å². The van der Waals surface area contributed by atoms with E-state index in [0.29, 0.717) is 11.8 Å². The Labute approximate surface area is 76.1 Å². The molecule has 1 aromatic heterocycles. The molecule has 0 N–H and O–H groups in total. The smallest absolute Gasteiger partial charge is 0.261 e. The van der Waals surface area contributed by atoms with E-state index in [-0.39, 0.29) is 6.42 Å². The maximum Gasteiger partial charge on any atom is 0.271 e. The van der Waals surface area contributed by atoms with E-state index in [9.17, 15) is 8.78 Å². The minimum absolute atomic E-state index is 0.378. The highest BCUT2D eigenvalue weighted by molar-refractivity contribution is 5.14. The van der Waals surface area contributed by atoms with Gasteiger partial charge in [-0.1, -0.05) is 12.6 Å². The van der Waals surface area contributed by atoms with Gasteiger partial charge < -0.3 is 0 Å². The van der Waals surface area contributed by atoms with Gasteiger partial charge in [0.15, 0.2) is 0 Å². The van der Waals surface area contributed by atoms with E-state index in [1.165, 1.54) is 0 Å². The molecule has 0 atom stereocenters. The molecule has 0 saturated heterocycles. The Bertz CT molecular complexity index is 290. The van der Waals surface area contributed by atoms with Crippen molar-refractivity contribution < 1.29 is 8.78 Å². The van der Waals surface area contributed by atoms with Gasteiger partial charge in [0.25, 0.3) is 5.92 Å². The standard InChI is InChI=1S/C10H11F2N/c1-3-10(11,12)6-9-5-4-8(2)7-13-9/h3-5,7H,1,6H2,2H3. The zero-order chi connectivity index (χ0) is 9.90. The third-order valence-corrected chi connectivity index (χ3v) is 1.69. The lowest BCUT2D eigenvalue weighted by atomic mass is 10.1. The van der Waals surface area contributed by atoms with Crippen molar-refractivity contribution in [3.8, 4) is 0 Å². The third kappa shape index (κ3) is 2.93. The number of alkyl halides is 2. The van der Waals surface area contributed by atoms with Gasteiger partial charge in [-0.2, -0.15) is 0 Å². The molecule has 70 valence electrons. The maximum atomic E-state index is 12.8. The molecule has 0 radical (unpaired) electrons. The van der Waals surface area contributed by atoms with Gasteiger partial charge in [0.2, 0.25) is 0 Å². The van der Waals surface area contributed by atoms with Crippen molar-refractivity contribution in [1.29, 1.82) is 0 Å². The van der Waals surface area contributed by atoms with Gasteiger partial charge in [0.05, 0.1) is 6.42 Å². The van der Waals surface area contributed by atoms with Crippen molar-refractivity contribution in [3.63, 3.8) is 0 Å². The molecule has 0 aliphatic heterocycles. The highest BCUT2D eigenvalue weighted by atomic mass is 19.3. The lowest BCUT2D eigenvalue weighted by Gasteiger charge is -2.09. The number of hydrogen-bond acceptors (Lipinski definition) is 1. The molecule has 0 unspecified atom stereocenters. The Kier molecular flexibility index (Phi) is 2.76. The first-order chi connectivity index (χ1) is 6.03. The minimum Gasteiger partial charge on any atom is -0.261 e. The van der Waals surface area contributed by atoms with E-state index in [1.807, 2.05) is 6.92 Å². The second-order valence-electron chi connectivity index (χ2n) is 2.97. The van der Waals surface area contributed by atoms with Crippen LogP contribution in [-0.2, 0) is 6.42 Å². The molecule has 0 spiro atoms. The Morgan fingerprint density at radius 3 is 2.69 bits per heavy atom. The Morgan fingerprint density at radius 1 is 1.54 bits per heavy atom. The molecule has 0 aromatic carbocycles. The number of hydrogen-bond donors (Lipinski definition) is 0. The molecular formula is C10H11F2N. The number of nitrogens with zero attached hydrogens (tertiary/aromatic N) is 1. The summed E-state index contributed by atoms with van der Waals surface area (Å²) in [5.74, 6) is -2.86. The monoisotopic (exact) mass is 183 g/mol. The second kappa shape index (κ2) is 3.64. The van der Waals surface area contributed by atoms with Crippen LogP contribution in [0.5, 0.6) is 0 Å². The van der Waals surface area contributed by atoms with Crippen LogP contribution in [0, 0.1) is 6.92 Å². The Morgan fingerprint density at radius 2 is 2.23 bits per heavy atom. The summed E-state index contributed by atoms with van der Waals surface area (Å²) < 4.78 is 25.6. The molecule has 0 fully saturated rings. The third-order valence-electron chi connectivity index (χ3n) is 1.69. The minimum atomic E-state index is -2.86. The first-order valence-corrected chi connectivity index (χ1v) is 3.96. The van der Waals surface area contributed by atoms with Gasteiger partial charge in [0, 0.05) is 11.9 Å². The summed E-state index contributed by atoms with van der Waals surface area (Å²) in [5.41, 5.74) is 1.35. The van der Waals surface area contributed by atoms with Gasteiger partial charge in [-0.05, 0) is 24.6 Å². The van der Waals surface area contributed by atoms with Crippen molar-refractivity contribution >= 4 is 0 Å². The highest BCUT2D eigenvalue weighted by Gasteiger charge is 2.24. The van der Waals surface area contributed by atoms with Gasteiger partial charge in [-0.3, -0.25) is 4.98 Å². The molecule has 0 saturated carbocycles. The van der Waals surface area contributed by atoms with E-state index in [1.54, 1.807) is 18.3 Å². The average Bonchev–Trinajstić information content (AvgIpc) is 2.09. The van der Waals surface area contributed by atoms with Crippen molar-refractivity contribution in [2.45, 2.75) is 19.3 Å². The van der Waals surface area contributed by atoms with Crippen molar-refractivity contribution in [2.24, 2.45) is 0 Å². The van der Waals surface area contributed by atoms with Crippen LogP contribution in [0.1, 0.15) is 11.3 Å². The van der Waals surface area contributed by atoms with Gasteiger partial charge in [0.1, 0.15) is 0 Å². The molecular weight excluding hydrogens is 172 g/mol. The molecule has 1 nitrogen and oxygen atoms in total. The van der Waals surface area contributed by atoms with Crippen LogP contribution < -0.4 is 0 Å². The normalized spacial score (nSPS) is 11.3. The molecule has 1 heterocycles. The predicted molar refractivity (Wildman–Crippen MR) is 47.8 cm³/mol. The van der Waals surface area contributed by atoms with Crippen LogP contribution in [0.15, 0.2) is 31.0 Å². The van der Waals surface area contributed by atoms with E-state index >= 15 is 0 Å². The summed E-state index contributed by atoms with van der Waals surface area (Å²) in [6.45, 7) is 4.93. The highest BCUT2D eigenvalue weighted by Crippen LogP contribution is 2.19. The lowest BCUT2D eigenvalue weighted by molar-refractivity contribution is 0.0551. The number of rotatable bonds is 3. The quantitative estimate of drug-likeness (QED) is 0.656. The van der Waals surface area contributed by atoms with Crippen LogP contribution in [0.3, 0.4) is 0 Å². The molecule has 0 aliphatic carbocycles. The first-order valence-electron chi connectivity index (χ1n) is 3.96. The van der Waals surface area contributed by atoms with Crippen LogP contribution in [0.25, 0.3) is 0 Å². The van der Waals surface area contributed by atoms with Crippen LogP contribution in [-0.4, -0.2) is 10.9 Å². The lowest BCUT2D eigenvalue weighted by Crippen LogP contribution is -2.16. The number of aromatic nitrogens is 1. The predicted octanol–water partition coefficient (Wildman–Crippen LogP) is 2.75. The van der Waals surface area contributed by atoms with Gasteiger partial charge in [-0.15, -0.1) is 0 Å². The fraction of sp³-hybridized carbons (Fsp3) is 0.300. The van der Waals surface area contributed by atoms with Crippen LogP contribution >= 0.6 is 0 Å². The Hall–Kier alpha value is -1.25. The van der Waals surface area contributed by atoms with Crippen LogP contribution in [0.4, 0.5) is 8.78 Å². The summed E-state index contributed by atoms with van der Waals surface area (Å²) in [7, 11) is 0. The molecule has 3 heteroatoms. The summed E-state index contributed by atoms with van der Waals surface area (Å²) in [5, 5.41) is 0. The van der Waals surface area contributed by atoms with E-state index < -0.39 is 5.92 Å². The fourth-order valence-electron chi connectivity index (χ4n) is 0.917. The van der Waals surface area contributed by atoms with Gasteiger partial charge in [-0.25, -0.2) is 8.78 Å². The zero-order valence-electron chi connectivity index (χ0n) is 7.43. The SMILES string of the molecule is C=CC(F)(F)Cc1ccc(C)cn1. The topological polar surface area (TPSA) is 12.9 Å². The summed E-state index contributed by atoms with van der Waals surface area (Å²) in [6.07, 6.45) is 1.85. The molecule has 1 rings (SSSR count). The summed E-state index contributed by atoms with van der Waals surface area (Å²) >= 11 is 0. The van der Waals surface area contributed by atoms with Crippen molar-refractivity contribution in [2.75, 3.05) is 0 Å². The van der Waals surface area contributed by atoms with E-state index in [0.717, 1.165) is 5.56 Å². The molecule has 0 bridgehead atoms. The number of aryl methyl sites for hydroxylation is 1. The van der Waals surface area contributed by atoms with Crippen molar-refractivity contribution in [1.82, 2.24) is 4.98 Å². The number of allylic oxidation sites excluding steroid dienone is 1. The largest absolute Gasteiger partial charge is 0.271 e. The first kappa shape index (κ1) is 9.84. The molecule has 0 amide bonds. The van der Waals surface area contributed by atoms with E-state index in [2.05, 4.69) is 11.6 Å². The summed E-state index contributed by atoms with van der Waals surface area (Å²) in [6, 6.07) is 3.37. The maximum absolute atomic E-state index is 12.8. The Balaban J connectivity index is 2.75. The van der Waals surface area contributed by atoms with Gasteiger partial charge >= 0.3 is 0 Å². The average molecular weight is 183 g/mol. The fourth-order valence-corrected chi connectivity index (χ4v) is 0.917. The van der Waals surface area contributed by atoms with Crippen LogP contribution in [0.2, 0.25) is 0 Å². The number of halogens is 2. The molecule has 13 heavy (non-hydrogen) atoms. The second-order valence-corrected chi connectivity index (χ2v) is 2.97. The molecule has 0 aliphatic rings. The zero-order valence-corrected chi connectivity index (χ0v) is 7.43. The number of pyridine rings is 1.